The lowest BCUT2D eigenvalue weighted by molar-refractivity contribution is 1.60. The Hall–Kier alpha value is -5.98. The molecule has 0 saturated heterocycles. The maximum absolute atomic E-state index is 2.38. The van der Waals surface area contributed by atoms with Crippen molar-refractivity contribution in [3.05, 3.63) is 182 Å². The second kappa shape index (κ2) is 10.9. The van der Waals surface area contributed by atoms with Crippen molar-refractivity contribution >= 4 is 43.1 Å². The molecule has 0 fully saturated rings. The summed E-state index contributed by atoms with van der Waals surface area (Å²) in [6, 6.07) is 66.5. The maximum atomic E-state index is 2.38. The normalized spacial score (nSPS) is 11.5. The average molecular weight is 583 g/mol. The molecule has 0 aromatic heterocycles. The molecule has 0 aliphatic rings. The summed E-state index contributed by atoms with van der Waals surface area (Å²) in [5.41, 5.74) is 9.99. The minimum absolute atomic E-state index is 1.22. The Morgan fingerprint density at radius 3 is 1.28 bits per heavy atom. The zero-order chi connectivity index (χ0) is 30.5. The van der Waals surface area contributed by atoms with E-state index in [1.807, 2.05) is 0 Å². The summed E-state index contributed by atoms with van der Waals surface area (Å²) in [4.78, 5) is 0. The van der Waals surface area contributed by atoms with Crippen molar-refractivity contribution in [2.24, 2.45) is 0 Å². The fourth-order valence-corrected chi connectivity index (χ4v) is 7.48. The molecule has 0 heterocycles. The van der Waals surface area contributed by atoms with Crippen LogP contribution in [-0.4, -0.2) is 0 Å². The number of hydrogen-bond acceptors (Lipinski definition) is 0. The van der Waals surface area contributed by atoms with Crippen LogP contribution in [-0.2, 0) is 0 Å². The molecule has 0 aliphatic carbocycles. The van der Waals surface area contributed by atoms with Crippen molar-refractivity contribution in [2.75, 3.05) is 0 Å². The molecule has 0 saturated carbocycles. The monoisotopic (exact) mass is 582 g/mol. The van der Waals surface area contributed by atoms with E-state index in [9.17, 15) is 0 Å². The second-order valence-electron chi connectivity index (χ2n) is 12.0. The molecule has 0 amide bonds. The van der Waals surface area contributed by atoms with Crippen molar-refractivity contribution < 1.29 is 0 Å². The largest absolute Gasteiger partial charge is 0.0622 e. The van der Waals surface area contributed by atoms with Gasteiger partial charge in [0.25, 0.3) is 0 Å². The average Bonchev–Trinajstić information content (AvgIpc) is 3.14. The molecule has 9 aromatic rings. The predicted molar refractivity (Wildman–Crippen MR) is 198 cm³/mol. The van der Waals surface area contributed by atoms with Crippen molar-refractivity contribution in [3.8, 4) is 44.5 Å². The third-order valence-corrected chi connectivity index (χ3v) is 9.47. The number of fused-ring (bicyclic) bond motifs is 6. The summed E-state index contributed by atoms with van der Waals surface area (Å²) in [5, 5.41) is 10.2. The molecule has 9 rings (SSSR count). The van der Waals surface area contributed by atoms with Crippen LogP contribution in [0.5, 0.6) is 0 Å². The lowest BCUT2D eigenvalue weighted by Gasteiger charge is -2.22. The first-order chi connectivity index (χ1) is 22.9. The highest BCUT2D eigenvalue weighted by molar-refractivity contribution is 6.31. The minimum atomic E-state index is 1.22. The van der Waals surface area contributed by atoms with Crippen LogP contribution in [0.2, 0.25) is 0 Å². The zero-order valence-electron chi connectivity index (χ0n) is 25.3. The van der Waals surface area contributed by atoms with Crippen LogP contribution in [0, 0.1) is 0 Å². The Kier molecular flexibility index (Phi) is 6.25. The Balaban J connectivity index is 1.51. The molecule has 0 nitrogen and oxygen atoms in total. The van der Waals surface area contributed by atoms with Gasteiger partial charge >= 0.3 is 0 Å². The van der Waals surface area contributed by atoms with Gasteiger partial charge in [0.05, 0.1) is 0 Å². The molecule has 0 unspecified atom stereocenters. The SMILES string of the molecule is c1ccc(-c2ccccc2-c2c3ccccc3c(-c3ccccc3-c3ccccc3)c3c2ccc2c4ccccc4ccc23)cc1. The zero-order valence-corrected chi connectivity index (χ0v) is 25.3. The fourth-order valence-electron chi connectivity index (χ4n) is 7.48. The molecule has 0 bridgehead atoms. The van der Waals surface area contributed by atoms with Crippen LogP contribution >= 0.6 is 0 Å². The van der Waals surface area contributed by atoms with Crippen molar-refractivity contribution in [1.82, 2.24) is 0 Å². The molecule has 9 aromatic carbocycles. The van der Waals surface area contributed by atoms with Gasteiger partial charge in [-0.2, -0.15) is 0 Å². The molecule has 0 radical (unpaired) electrons. The van der Waals surface area contributed by atoms with Gasteiger partial charge in [-0.05, 0) is 87.6 Å². The van der Waals surface area contributed by atoms with Crippen LogP contribution in [0.3, 0.4) is 0 Å². The topological polar surface area (TPSA) is 0 Å². The van der Waals surface area contributed by atoms with E-state index in [0.717, 1.165) is 0 Å². The van der Waals surface area contributed by atoms with E-state index in [4.69, 9.17) is 0 Å². The number of rotatable bonds is 4. The van der Waals surface area contributed by atoms with E-state index >= 15 is 0 Å². The summed E-state index contributed by atoms with van der Waals surface area (Å²) < 4.78 is 0. The van der Waals surface area contributed by atoms with Crippen molar-refractivity contribution in [2.45, 2.75) is 0 Å². The molecule has 0 spiro atoms. The Morgan fingerprint density at radius 2 is 0.652 bits per heavy atom. The first-order valence-corrected chi connectivity index (χ1v) is 16.0. The quantitative estimate of drug-likeness (QED) is 0.143. The van der Waals surface area contributed by atoms with Crippen LogP contribution < -0.4 is 0 Å². The van der Waals surface area contributed by atoms with E-state index in [1.54, 1.807) is 0 Å². The van der Waals surface area contributed by atoms with E-state index < -0.39 is 0 Å². The highest BCUT2D eigenvalue weighted by Gasteiger charge is 2.22. The molecule has 46 heavy (non-hydrogen) atoms. The number of benzene rings is 9. The minimum Gasteiger partial charge on any atom is -0.0622 e. The van der Waals surface area contributed by atoms with Crippen molar-refractivity contribution in [3.63, 3.8) is 0 Å². The molecular formula is C46H30. The van der Waals surface area contributed by atoms with Gasteiger partial charge in [-0.1, -0.05) is 182 Å². The number of hydrogen-bond donors (Lipinski definition) is 0. The van der Waals surface area contributed by atoms with Crippen LogP contribution in [0.15, 0.2) is 182 Å². The smallest absolute Gasteiger partial charge is 0.00137 e. The standard InChI is InChI=1S/C46H30/c1-3-15-31(16-4-1)35-21-9-11-23-38(35)44-40-25-13-14-26-41(40)45(39-24-12-10-22-36(39)32-17-5-2-6-18-32)46-42-28-27-33-19-7-8-20-34(33)37(42)29-30-43(44)46/h1-30H. The molecule has 214 valence electrons. The Labute approximate surface area is 268 Å². The third-order valence-electron chi connectivity index (χ3n) is 9.47. The highest BCUT2D eigenvalue weighted by atomic mass is 14.2. The van der Waals surface area contributed by atoms with Gasteiger partial charge < -0.3 is 0 Å². The van der Waals surface area contributed by atoms with Gasteiger partial charge in [0, 0.05) is 0 Å². The third kappa shape index (κ3) is 4.15. The lowest BCUT2D eigenvalue weighted by atomic mass is 9.80. The summed E-state index contributed by atoms with van der Waals surface area (Å²) in [6.07, 6.45) is 0. The van der Waals surface area contributed by atoms with E-state index in [-0.39, 0.29) is 0 Å². The van der Waals surface area contributed by atoms with Crippen LogP contribution in [0.4, 0.5) is 0 Å². The van der Waals surface area contributed by atoms with E-state index in [2.05, 4.69) is 182 Å². The van der Waals surface area contributed by atoms with Gasteiger partial charge in [0.15, 0.2) is 0 Å². The predicted octanol–water partition coefficient (Wildman–Crippen LogP) is 13.0. The van der Waals surface area contributed by atoms with Gasteiger partial charge in [-0.25, -0.2) is 0 Å². The second-order valence-corrected chi connectivity index (χ2v) is 12.0. The van der Waals surface area contributed by atoms with Gasteiger partial charge in [-0.15, -0.1) is 0 Å². The first kappa shape index (κ1) is 26.4. The molecule has 0 atom stereocenters. The van der Waals surface area contributed by atoms with Crippen LogP contribution in [0.1, 0.15) is 0 Å². The summed E-state index contributed by atoms with van der Waals surface area (Å²) in [7, 11) is 0. The molecular weight excluding hydrogens is 553 g/mol. The van der Waals surface area contributed by atoms with Crippen LogP contribution in [0.25, 0.3) is 87.6 Å². The lowest BCUT2D eigenvalue weighted by Crippen LogP contribution is -1.95. The fraction of sp³-hybridized carbons (Fsp3) is 0. The summed E-state index contributed by atoms with van der Waals surface area (Å²) >= 11 is 0. The molecule has 0 aliphatic heterocycles. The van der Waals surface area contributed by atoms with Gasteiger partial charge in [0.1, 0.15) is 0 Å². The molecule has 0 N–H and O–H groups in total. The summed E-state index contributed by atoms with van der Waals surface area (Å²) in [5.74, 6) is 0. The van der Waals surface area contributed by atoms with E-state index in [0.29, 0.717) is 0 Å². The highest BCUT2D eigenvalue weighted by Crippen LogP contribution is 2.50. The van der Waals surface area contributed by atoms with Gasteiger partial charge in [0.2, 0.25) is 0 Å². The van der Waals surface area contributed by atoms with E-state index in [1.165, 1.54) is 87.6 Å². The van der Waals surface area contributed by atoms with Crippen molar-refractivity contribution in [1.29, 1.82) is 0 Å². The maximum Gasteiger partial charge on any atom is -0.00137 e. The first-order valence-electron chi connectivity index (χ1n) is 16.0. The molecule has 0 heteroatoms. The Morgan fingerprint density at radius 1 is 0.217 bits per heavy atom. The van der Waals surface area contributed by atoms with Gasteiger partial charge in [-0.3, -0.25) is 0 Å². The summed E-state index contributed by atoms with van der Waals surface area (Å²) in [6.45, 7) is 0. The Bertz CT molecular complexity index is 2560.